The lowest BCUT2D eigenvalue weighted by Crippen LogP contribution is -2.12. The quantitative estimate of drug-likeness (QED) is 0.618. The first kappa shape index (κ1) is 9.59. The van der Waals surface area contributed by atoms with Crippen molar-refractivity contribution in [2.24, 2.45) is 0 Å². The minimum absolute atomic E-state index is 0.368. The first-order valence-corrected chi connectivity index (χ1v) is 3.53. The Morgan fingerprint density at radius 3 is 1.92 bits per heavy atom. The standard InChI is InChI=1S/C7H3F3.C2H3N/c8-7(9,10)6-3-4-1-2-5(4)6;1-2-3/h1-3H;1H3. The summed E-state index contributed by atoms with van der Waals surface area (Å²) in [5, 5.41) is 7.32. The van der Waals surface area contributed by atoms with Crippen LogP contribution in [0.15, 0.2) is 18.2 Å². The Hall–Kier alpha value is -1.50. The summed E-state index contributed by atoms with van der Waals surface area (Å²) < 4.78 is 35.5. The lowest BCUT2D eigenvalue weighted by atomic mass is 9.86. The second kappa shape index (κ2) is 3.09. The molecule has 0 aromatic carbocycles. The number of nitriles is 1. The molecular formula is C9H6F3N. The van der Waals surface area contributed by atoms with Crippen LogP contribution in [0.25, 0.3) is 11.1 Å². The molecule has 2 rings (SSSR count). The smallest absolute Gasteiger partial charge is 0.199 e. The molecule has 0 saturated carbocycles. The number of nitrogens with zero attached hydrogens (tertiary/aromatic N) is 1. The summed E-state index contributed by atoms with van der Waals surface area (Å²) >= 11 is 0. The van der Waals surface area contributed by atoms with Gasteiger partial charge in [0.2, 0.25) is 0 Å². The lowest BCUT2D eigenvalue weighted by molar-refractivity contribution is -0.137. The molecule has 68 valence electrons. The van der Waals surface area contributed by atoms with Crippen molar-refractivity contribution in [1.29, 1.82) is 5.26 Å². The first-order chi connectivity index (χ1) is 6.00. The summed E-state index contributed by atoms with van der Waals surface area (Å²) in [5.41, 5.74) is 0.616. The van der Waals surface area contributed by atoms with Gasteiger partial charge in [0.25, 0.3) is 0 Å². The number of alkyl halides is 3. The molecule has 2 aliphatic rings. The fourth-order valence-corrected chi connectivity index (χ4v) is 1.02. The van der Waals surface area contributed by atoms with Crippen LogP contribution in [0.5, 0.6) is 0 Å². The maximum atomic E-state index is 11.8. The van der Waals surface area contributed by atoms with Gasteiger partial charge in [-0.3, -0.25) is 0 Å². The van der Waals surface area contributed by atoms with E-state index in [1.165, 1.54) is 13.0 Å². The van der Waals surface area contributed by atoms with Gasteiger partial charge >= 0.3 is 6.18 Å². The topological polar surface area (TPSA) is 23.8 Å². The molecule has 2 aliphatic carbocycles. The normalized spacial score (nSPS) is 11.0. The van der Waals surface area contributed by atoms with E-state index in [1.54, 1.807) is 12.1 Å². The fraction of sp³-hybridized carbons (Fsp3) is 0.222. The van der Waals surface area contributed by atoms with E-state index in [4.69, 9.17) is 5.26 Å². The molecule has 0 saturated heterocycles. The monoisotopic (exact) mass is 185 g/mol. The Balaban J connectivity index is 0.000000251. The number of benzene rings is 1. The number of hydrogen-bond donors (Lipinski definition) is 0. The van der Waals surface area contributed by atoms with Crippen LogP contribution in [0, 0.1) is 11.3 Å². The second-order valence-corrected chi connectivity index (χ2v) is 2.48. The third kappa shape index (κ3) is 1.64. The maximum absolute atomic E-state index is 11.8. The number of halogens is 3. The SMILES string of the molecule is CC#N.FC(F)(F)c1cc2ccc1-2. The lowest BCUT2D eigenvalue weighted by Gasteiger charge is -2.22. The van der Waals surface area contributed by atoms with Crippen molar-refractivity contribution in [2.45, 2.75) is 13.1 Å². The van der Waals surface area contributed by atoms with Gasteiger partial charge in [-0.05, 0) is 17.2 Å². The third-order valence-electron chi connectivity index (χ3n) is 1.64. The molecule has 0 atom stereocenters. The molecule has 0 aromatic rings. The number of hydrogen-bond acceptors (Lipinski definition) is 1. The van der Waals surface area contributed by atoms with Gasteiger partial charge in [-0.2, -0.15) is 18.4 Å². The molecule has 0 amide bonds. The Kier molecular flexibility index (Phi) is 2.28. The highest BCUT2D eigenvalue weighted by atomic mass is 19.4. The Labute approximate surface area is 73.4 Å². The summed E-state index contributed by atoms with van der Waals surface area (Å²) in [7, 11) is 0. The summed E-state index contributed by atoms with van der Waals surface area (Å²) in [6.07, 6.45) is -4.15. The van der Waals surface area contributed by atoms with E-state index >= 15 is 0 Å². The van der Waals surface area contributed by atoms with Gasteiger partial charge in [0, 0.05) is 6.92 Å². The highest BCUT2D eigenvalue weighted by Gasteiger charge is 2.38. The molecular weight excluding hydrogens is 179 g/mol. The highest BCUT2D eigenvalue weighted by Crippen LogP contribution is 2.45. The number of fused-ring (bicyclic) bond motifs is 1. The molecule has 1 nitrogen and oxygen atoms in total. The Morgan fingerprint density at radius 2 is 1.85 bits per heavy atom. The summed E-state index contributed by atoms with van der Waals surface area (Å²) in [5.74, 6) is 0. The fourth-order valence-electron chi connectivity index (χ4n) is 1.02. The average molecular weight is 185 g/mol. The molecule has 0 bridgehead atoms. The van der Waals surface area contributed by atoms with E-state index in [9.17, 15) is 13.2 Å². The van der Waals surface area contributed by atoms with Crippen LogP contribution >= 0.6 is 0 Å². The van der Waals surface area contributed by atoms with Crippen molar-refractivity contribution in [1.82, 2.24) is 0 Å². The molecule has 4 heteroatoms. The largest absolute Gasteiger partial charge is 0.417 e. The average Bonchev–Trinajstić information content (AvgIpc) is 1.94. The van der Waals surface area contributed by atoms with Crippen molar-refractivity contribution >= 4 is 0 Å². The number of rotatable bonds is 0. The Morgan fingerprint density at radius 1 is 1.31 bits per heavy atom. The van der Waals surface area contributed by atoms with Gasteiger partial charge in [-0.1, -0.05) is 12.1 Å². The van der Waals surface area contributed by atoms with Crippen LogP contribution < -0.4 is 0 Å². The molecule has 0 radical (unpaired) electrons. The van der Waals surface area contributed by atoms with Crippen molar-refractivity contribution in [2.75, 3.05) is 0 Å². The van der Waals surface area contributed by atoms with Crippen molar-refractivity contribution in [3.63, 3.8) is 0 Å². The summed E-state index contributed by atoms with van der Waals surface area (Å²) in [6, 6.07) is 6.07. The first-order valence-electron chi connectivity index (χ1n) is 3.53. The van der Waals surface area contributed by atoms with Crippen molar-refractivity contribution < 1.29 is 13.2 Å². The van der Waals surface area contributed by atoms with Crippen LogP contribution in [0.4, 0.5) is 13.2 Å². The predicted octanol–water partition coefficient (Wildman–Crippen LogP) is 3.22. The zero-order valence-corrected chi connectivity index (χ0v) is 6.81. The van der Waals surface area contributed by atoms with Gasteiger partial charge in [-0.25, -0.2) is 0 Å². The third-order valence-corrected chi connectivity index (χ3v) is 1.64. The molecule has 13 heavy (non-hydrogen) atoms. The predicted molar refractivity (Wildman–Crippen MR) is 41.7 cm³/mol. The van der Waals surface area contributed by atoms with Crippen LogP contribution in [-0.2, 0) is 6.18 Å². The Bertz CT molecular complexity index is 360. The zero-order chi connectivity index (χ0) is 10.1. The van der Waals surface area contributed by atoms with Crippen LogP contribution in [0.3, 0.4) is 0 Å². The molecule has 0 unspecified atom stereocenters. The highest BCUT2D eigenvalue weighted by molar-refractivity contribution is 5.81. The summed E-state index contributed by atoms with van der Waals surface area (Å²) in [4.78, 5) is 0. The van der Waals surface area contributed by atoms with E-state index in [-0.39, 0.29) is 0 Å². The van der Waals surface area contributed by atoms with Crippen molar-refractivity contribution in [3.05, 3.63) is 23.8 Å². The van der Waals surface area contributed by atoms with Gasteiger partial charge in [0.15, 0.2) is 0 Å². The van der Waals surface area contributed by atoms with E-state index < -0.39 is 11.7 Å². The molecule has 0 N–H and O–H groups in total. The summed E-state index contributed by atoms with van der Waals surface area (Å²) in [6.45, 7) is 1.43. The van der Waals surface area contributed by atoms with Gasteiger partial charge in [-0.15, -0.1) is 0 Å². The van der Waals surface area contributed by atoms with E-state index in [0.29, 0.717) is 5.56 Å². The molecule has 0 aliphatic heterocycles. The van der Waals surface area contributed by atoms with Gasteiger partial charge < -0.3 is 0 Å². The van der Waals surface area contributed by atoms with Crippen LogP contribution in [0.1, 0.15) is 12.5 Å². The van der Waals surface area contributed by atoms with E-state index in [1.807, 2.05) is 0 Å². The molecule has 0 spiro atoms. The van der Waals surface area contributed by atoms with Gasteiger partial charge in [0.05, 0.1) is 11.6 Å². The second-order valence-electron chi connectivity index (χ2n) is 2.48. The molecule has 0 aromatic heterocycles. The zero-order valence-electron chi connectivity index (χ0n) is 6.81. The minimum atomic E-state index is -4.15. The molecule has 0 fully saturated rings. The van der Waals surface area contributed by atoms with Gasteiger partial charge in [0.1, 0.15) is 0 Å². The van der Waals surface area contributed by atoms with Crippen LogP contribution in [-0.4, -0.2) is 0 Å². The van der Waals surface area contributed by atoms with Crippen LogP contribution in [0.2, 0.25) is 0 Å². The minimum Gasteiger partial charge on any atom is -0.199 e. The molecule has 0 heterocycles. The maximum Gasteiger partial charge on any atom is 0.417 e. The van der Waals surface area contributed by atoms with Crippen molar-refractivity contribution in [3.8, 4) is 17.2 Å². The van der Waals surface area contributed by atoms with E-state index in [0.717, 1.165) is 11.6 Å². The van der Waals surface area contributed by atoms with E-state index in [2.05, 4.69) is 0 Å².